The Hall–Kier alpha value is -4.33. The number of carbonyl (C=O) groups excluding carboxylic acids is 1. The van der Waals surface area contributed by atoms with Crippen molar-refractivity contribution in [1.82, 2.24) is 9.88 Å². The fraction of sp³-hybridized carbons (Fsp3) is 0.185. The van der Waals surface area contributed by atoms with Crippen LogP contribution in [0, 0.1) is 5.82 Å². The highest BCUT2D eigenvalue weighted by molar-refractivity contribution is 5.91. The van der Waals surface area contributed by atoms with Crippen molar-refractivity contribution in [3.05, 3.63) is 95.4 Å². The van der Waals surface area contributed by atoms with Crippen LogP contribution in [0.1, 0.15) is 21.5 Å². The summed E-state index contributed by atoms with van der Waals surface area (Å²) in [7, 11) is 1.45. The number of para-hydroxylation sites is 1. The molecule has 0 aliphatic heterocycles. The number of H-pyrrole nitrogens is 1. The number of benzene rings is 3. The second kappa shape index (κ2) is 10.7. The number of aromatic amines is 1. The van der Waals surface area contributed by atoms with E-state index in [0.29, 0.717) is 24.3 Å². The molecule has 0 radical (unpaired) electrons. The minimum atomic E-state index is -1.17. The van der Waals surface area contributed by atoms with Gasteiger partial charge in [0.2, 0.25) is 0 Å². The number of aromatic nitrogens is 1. The van der Waals surface area contributed by atoms with Crippen molar-refractivity contribution in [3.8, 4) is 11.5 Å². The van der Waals surface area contributed by atoms with E-state index in [4.69, 9.17) is 9.47 Å². The highest BCUT2D eigenvalue weighted by Gasteiger charge is 2.19. The fourth-order valence-electron chi connectivity index (χ4n) is 3.90. The molecule has 0 fully saturated rings. The average Bonchev–Trinajstić information content (AvgIpc) is 3.28. The van der Waals surface area contributed by atoms with Gasteiger partial charge in [-0.1, -0.05) is 30.3 Å². The van der Waals surface area contributed by atoms with Gasteiger partial charge in [0, 0.05) is 36.3 Å². The molecule has 0 aliphatic rings. The summed E-state index contributed by atoms with van der Waals surface area (Å²) in [6.07, 6.45) is 2.49. The van der Waals surface area contributed by atoms with Crippen molar-refractivity contribution in [1.29, 1.82) is 0 Å². The van der Waals surface area contributed by atoms with Gasteiger partial charge in [0.1, 0.15) is 22.9 Å². The first kappa shape index (κ1) is 23.8. The van der Waals surface area contributed by atoms with Gasteiger partial charge in [-0.25, -0.2) is 9.18 Å². The molecule has 2 N–H and O–H groups in total. The van der Waals surface area contributed by atoms with Crippen molar-refractivity contribution in [3.63, 3.8) is 0 Å². The summed E-state index contributed by atoms with van der Waals surface area (Å²) in [5.74, 6) is -1.47. The van der Waals surface area contributed by atoms with Crippen molar-refractivity contribution in [2.45, 2.75) is 13.0 Å². The lowest BCUT2D eigenvalue weighted by atomic mass is 10.1. The number of halogens is 1. The van der Waals surface area contributed by atoms with E-state index in [1.165, 1.54) is 37.4 Å². The van der Waals surface area contributed by atoms with Gasteiger partial charge in [0.05, 0.1) is 7.11 Å². The summed E-state index contributed by atoms with van der Waals surface area (Å²) in [5, 5.41) is 10.5. The number of fused-ring (bicyclic) bond motifs is 1. The van der Waals surface area contributed by atoms with E-state index in [1.807, 2.05) is 30.5 Å². The van der Waals surface area contributed by atoms with Crippen LogP contribution in [-0.2, 0) is 17.8 Å². The third kappa shape index (κ3) is 5.78. The monoisotopic (exact) mass is 476 g/mol. The fourth-order valence-corrected chi connectivity index (χ4v) is 3.90. The van der Waals surface area contributed by atoms with Crippen LogP contribution >= 0.6 is 0 Å². The van der Waals surface area contributed by atoms with Gasteiger partial charge in [-0.15, -0.1) is 0 Å². The van der Waals surface area contributed by atoms with E-state index in [0.717, 1.165) is 16.5 Å². The number of rotatable bonds is 10. The molecule has 7 nitrogen and oxygen atoms in total. The van der Waals surface area contributed by atoms with Crippen molar-refractivity contribution in [2.75, 3.05) is 20.3 Å². The molecular formula is C27H25FN2O5. The predicted molar refractivity (Wildman–Crippen MR) is 129 cm³/mol. The smallest absolute Gasteiger partial charge is 0.339 e. The summed E-state index contributed by atoms with van der Waals surface area (Å²) in [6, 6.07) is 18.3. The third-order valence-electron chi connectivity index (χ3n) is 5.71. The summed E-state index contributed by atoms with van der Waals surface area (Å²) < 4.78 is 24.5. The van der Waals surface area contributed by atoms with Crippen molar-refractivity contribution in [2.24, 2.45) is 0 Å². The highest BCUT2D eigenvalue weighted by Crippen LogP contribution is 2.25. The first-order valence-corrected chi connectivity index (χ1v) is 11.1. The molecule has 0 atom stereocenters. The minimum absolute atomic E-state index is 0.0348. The third-order valence-corrected chi connectivity index (χ3v) is 5.71. The largest absolute Gasteiger partial charge is 0.497 e. The zero-order valence-corrected chi connectivity index (χ0v) is 19.2. The highest BCUT2D eigenvalue weighted by atomic mass is 19.1. The molecule has 1 aromatic heterocycles. The number of ether oxygens (including phenoxy) is 2. The lowest BCUT2D eigenvalue weighted by Crippen LogP contribution is -2.36. The standard InChI is InChI=1S/C27H25FN2O5/c1-34-21-9-10-23(27(32)33)25(14-21)35-17-26(31)30(16-18-5-4-6-20(28)13-18)12-11-19-15-29-24-8-3-2-7-22(19)24/h2-10,13-15,29H,11-12,16-17H2,1H3,(H,32,33). The molecular weight excluding hydrogens is 451 g/mol. The van der Waals surface area contributed by atoms with Crippen LogP contribution in [0.4, 0.5) is 4.39 Å². The molecule has 1 heterocycles. The lowest BCUT2D eigenvalue weighted by molar-refractivity contribution is -0.134. The van der Waals surface area contributed by atoms with Gasteiger partial charge >= 0.3 is 5.97 Å². The molecule has 8 heteroatoms. The Kier molecular flexibility index (Phi) is 7.30. The SMILES string of the molecule is COc1ccc(C(=O)O)c(OCC(=O)N(CCc2c[nH]c3ccccc23)Cc2cccc(F)c2)c1. The maximum Gasteiger partial charge on any atom is 0.339 e. The van der Waals surface area contributed by atoms with E-state index >= 15 is 0 Å². The van der Waals surface area contributed by atoms with Crippen LogP contribution in [0.5, 0.6) is 11.5 Å². The van der Waals surface area contributed by atoms with Gasteiger partial charge in [-0.2, -0.15) is 0 Å². The summed E-state index contributed by atoms with van der Waals surface area (Å²) in [4.78, 5) is 29.6. The zero-order valence-electron chi connectivity index (χ0n) is 19.2. The van der Waals surface area contributed by atoms with Crippen molar-refractivity contribution < 1.29 is 28.6 Å². The molecule has 4 aromatic rings. The molecule has 0 aliphatic carbocycles. The van der Waals surface area contributed by atoms with E-state index in [1.54, 1.807) is 17.0 Å². The normalized spacial score (nSPS) is 10.8. The molecule has 4 rings (SSSR count). The first-order chi connectivity index (χ1) is 16.9. The van der Waals surface area contributed by atoms with Gasteiger partial charge in [0.25, 0.3) is 5.91 Å². The maximum absolute atomic E-state index is 13.8. The Morgan fingerprint density at radius 2 is 1.89 bits per heavy atom. The Balaban J connectivity index is 1.52. The topological polar surface area (TPSA) is 91.9 Å². The molecule has 35 heavy (non-hydrogen) atoms. The Morgan fingerprint density at radius 3 is 2.66 bits per heavy atom. The van der Waals surface area contributed by atoms with Gasteiger partial charge < -0.3 is 24.5 Å². The van der Waals surface area contributed by atoms with Crippen LogP contribution in [-0.4, -0.2) is 47.1 Å². The zero-order chi connectivity index (χ0) is 24.8. The molecule has 180 valence electrons. The van der Waals surface area contributed by atoms with E-state index < -0.39 is 5.97 Å². The lowest BCUT2D eigenvalue weighted by Gasteiger charge is -2.23. The van der Waals surface area contributed by atoms with E-state index in [2.05, 4.69) is 4.98 Å². The van der Waals surface area contributed by atoms with Crippen LogP contribution in [0.3, 0.4) is 0 Å². The van der Waals surface area contributed by atoms with Crippen LogP contribution in [0.25, 0.3) is 10.9 Å². The molecule has 0 saturated carbocycles. The molecule has 0 bridgehead atoms. The molecule has 0 saturated heterocycles. The number of nitrogens with zero attached hydrogens (tertiary/aromatic N) is 1. The van der Waals surface area contributed by atoms with E-state index in [-0.39, 0.29) is 36.2 Å². The number of aromatic carboxylic acids is 1. The number of nitrogens with one attached hydrogen (secondary N) is 1. The van der Waals surface area contributed by atoms with Gasteiger partial charge in [0.15, 0.2) is 6.61 Å². The number of carboxylic acid groups (broad SMARTS) is 1. The van der Waals surface area contributed by atoms with Gasteiger partial charge in [-0.05, 0) is 47.9 Å². The number of carbonyl (C=O) groups is 2. The van der Waals surface area contributed by atoms with Gasteiger partial charge in [-0.3, -0.25) is 4.79 Å². The number of hydrogen-bond acceptors (Lipinski definition) is 4. The quantitative estimate of drug-likeness (QED) is 0.347. The molecule has 0 unspecified atom stereocenters. The first-order valence-electron chi connectivity index (χ1n) is 11.1. The average molecular weight is 477 g/mol. The van der Waals surface area contributed by atoms with E-state index in [9.17, 15) is 19.1 Å². The summed E-state index contributed by atoms with van der Waals surface area (Å²) in [6.45, 7) is 0.174. The number of methoxy groups -OCH3 is 1. The molecule has 0 spiro atoms. The molecule has 3 aromatic carbocycles. The van der Waals surface area contributed by atoms with Crippen LogP contribution in [0.2, 0.25) is 0 Å². The second-order valence-electron chi connectivity index (χ2n) is 8.01. The van der Waals surface area contributed by atoms with Crippen LogP contribution in [0.15, 0.2) is 72.9 Å². The van der Waals surface area contributed by atoms with Crippen LogP contribution < -0.4 is 9.47 Å². The minimum Gasteiger partial charge on any atom is -0.497 e. The number of carboxylic acids is 1. The number of hydrogen-bond donors (Lipinski definition) is 2. The number of amides is 1. The van der Waals surface area contributed by atoms with Crippen molar-refractivity contribution >= 4 is 22.8 Å². The summed E-state index contributed by atoms with van der Waals surface area (Å²) in [5.41, 5.74) is 2.63. The Bertz CT molecular complexity index is 1350. The summed E-state index contributed by atoms with van der Waals surface area (Å²) >= 11 is 0. The maximum atomic E-state index is 13.8. The molecule has 1 amide bonds. The Morgan fingerprint density at radius 1 is 1.06 bits per heavy atom. The predicted octanol–water partition coefficient (Wildman–Crippen LogP) is 4.66. The second-order valence-corrected chi connectivity index (χ2v) is 8.01. The Labute approximate surface area is 201 Å².